The number of para-hydroxylation sites is 1. The minimum Gasteiger partial charge on any atom is -0.480 e. The number of hydrogen-bond acceptors (Lipinski definition) is 14. The van der Waals surface area contributed by atoms with Crippen LogP contribution < -0.4 is 48.7 Å². The summed E-state index contributed by atoms with van der Waals surface area (Å²) in [5.41, 5.74) is 14.8. The molecule has 1 aromatic heterocycles. The summed E-state index contributed by atoms with van der Waals surface area (Å²) >= 11 is 8.40. The number of aromatic nitrogens is 1. The average molecular weight is 1030 g/mol. The van der Waals surface area contributed by atoms with Crippen LogP contribution in [0.5, 0.6) is 0 Å². The van der Waals surface area contributed by atoms with Crippen LogP contribution in [0.25, 0.3) is 10.9 Å². The molecule has 0 radical (unpaired) electrons. The highest BCUT2D eigenvalue weighted by Gasteiger charge is 2.36. The maximum atomic E-state index is 14.6. The smallest absolute Gasteiger partial charge is 0.328 e. The SMILES string of the molecule is C[C@@H](O)[C@H](NC(=O)[C@H](CS)NC(=O)[C@@H](NC(=O)[C@H](CCCCN)NC(=O)[C@@H](Cc1c[nH]c2ccccc12)NC(=O)[C@H](Cc1ccccc1)NC(=O)[C@H](CS)N[11C](=O)[C@H](N)Cc1ccccc1)[C@@H](C)O)C(=O)O. The fourth-order valence-electron chi connectivity index (χ4n) is 7.56. The van der Waals surface area contributed by atoms with E-state index in [1.165, 1.54) is 6.92 Å². The van der Waals surface area contributed by atoms with Gasteiger partial charge in [0.1, 0.15) is 36.3 Å². The second-order valence-corrected chi connectivity index (χ2v) is 18.0. The lowest BCUT2D eigenvalue weighted by Crippen LogP contribution is -2.62. The monoisotopic (exact) mass is 1030 g/mol. The van der Waals surface area contributed by atoms with Gasteiger partial charge < -0.3 is 69.0 Å². The topological polar surface area (TPSA) is 349 Å². The number of thiol groups is 2. The minimum absolute atomic E-state index is 0.0210. The molecular weight excluding hydrogens is 968 g/mol. The van der Waals surface area contributed by atoms with E-state index in [9.17, 15) is 53.7 Å². The number of rotatable bonds is 29. The number of amides is 7. The van der Waals surface area contributed by atoms with E-state index >= 15 is 0 Å². The summed E-state index contributed by atoms with van der Waals surface area (Å²) in [6, 6.07) is 13.8. The number of benzene rings is 3. The normalized spacial score (nSPS) is 15.4. The van der Waals surface area contributed by atoms with Crippen LogP contribution >= 0.6 is 25.3 Å². The van der Waals surface area contributed by atoms with Crippen molar-refractivity contribution in [1.82, 2.24) is 42.2 Å². The molecule has 0 fully saturated rings. The Hall–Kier alpha value is -6.50. The van der Waals surface area contributed by atoms with Crippen molar-refractivity contribution in [2.24, 2.45) is 11.5 Å². The lowest BCUT2D eigenvalue weighted by Gasteiger charge is -2.28. The van der Waals surface area contributed by atoms with Gasteiger partial charge >= 0.3 is 5.97 Å². The number of nitrogens with one attached hydrogen (secondary N) is 8. The zero-order valence-electron chi connectivity index (χ0n) is 40.0. The Balaban J connectivity index is 1.61. The molecule has 0 spiro atoms. The van der Waals surface area contributed by atoms with E-state index in [4.69, 9.17) is 11.5 Å². The van der Waals surface area contributed by atoms with Gasteiger partial charge in [-0.3, -0.25) is 33.6 Å². The highest BCUT2D eigenvalue weighted by Crippen LogP contribution is 2.20. The first-order chi connectivity index (χ1) is 34.4. The van der Waals surface area contributed by atoms with Crippen molar-refractivity contribution in [1.29, 1.82) is 0 Å². The van der Waals surface area contributed by atoms with Crippen LogP contribution in [-0.2, 0) is 57.6 Å². The van der Waals surface area contributed by atoms with Gasteiger partial charge in [0.15, 0.2) is 6.04 Å². The summed E-state index contributed by atoms with van der Waals surface area (Å²) in [5, 5.41) is 48.4. The van der Waals surface area contributed by atoms with Crippen molar-refractivity contribution in [3.8, 4) is 0 Å². The number of carbonyl (C=O) groups excluding carboxylic acids is 7. The van der Waals surface area contributed by atoms with Crippen LogP contribution in [-0.4, -0.2) is 146 Å². The molecule has 0 aliphatic heterocycles. The molecule has 7 amide bonds. The second kappa shape index (κ2) is 29.1. The molecule has 0 aliphatic carbocycles. The van der Waals surface area contributed by atoms with Gasteiger partial charge in [-0.15, -0.1) is 0 Å². The van der Waals surface area contributed by atoms with Crippen molar-refractivity contribution in [2.45, 2.75) is 113 Å². The Morgan fingerprint density at radius 2 is 0.986 bits per heavy atom. The lowest BCUT2D eigenvalue weighted by atomic mass is 9.83. The number of carboxylic acids is 1. The molecule has 0 unspecified atom stereocenters. The molecule has 72 heavy (non-hydrogen) atoms. The third-order valence-corrected chi connectivity index (χ3v) is 12.3. The molecule has 0 bridgehead atoms. The minimum atomic E-state index is -1.72. The van der Waals surface area contributed by atoms with Crippen molar-refractivity contribution in [3.05, 3.63) is 108 Å². The van der Waals surface area contributed by atoms with E-state index in [0.717, 1.165) is 23.4 Å². The van der Waals surface area contributed by atoms with Crippen molar-refractivity contribution in [3.63, 3.8) is 0 Å². The molecular formula is C49H66N10O11S2. The number of aliphatic hydroxyl groups excluding tert-OH is 2. The van der Waals surface area contributed by atoms with Crippen LogP contribution in [0.1, 0.15) is 49.8 Å². The maximum absolute atomic E-state index is 14.6. The number of fused-ring (bicyclic) bond motifs is 1. The first kappa shape index (κ1) is 58.1. The largest absolute Gasteiger partial charge is 0.480 e. The number of aliphatic hydroxyl groups is 2. The van der Waals surface area contributed by atoms with Gasteiger partial charge in [0.25, 0.3) is 0 Å². The molecule has 4 aromatic rings. The third-order valence-electron chi connectivity index (χ3n) is 11.6. The van der Waals surface area contributed by atoms with E-state index < -0.39 is 108 Å². The molecule has 15 N–H and O–H groups in total. The van der Waals surface area contributed by atoms with Crippen LogP contribution in [0.2, 0.25) is 0 Å². The van der Waals surface area contributed by atoms with Gasteiger partial charge in [0, 0.05) is 41.4 Å². The fourth-order valence-corrected chi connectivity index (χ4v) is 8.07. The van der Waals surface area contributed by atoms with E-state index in [0.29, 0.717) is 24.0 Å². The van der Waals surface area contributed by atoms with Crippen LogP contribution in [0.15, 0.2) is 91.1 Å². The Morgan fingerprint density at radius 3 is 1.53 bits per heavy atom. The molecule has 21 nitrogen and oxygen atoms in total. The summed E-state index contributed by atoms with van der Waals surface area (Å²) < 4.78 is 0. The predicted molar refractivity (Wildman–Crippen MR) is 275 cm³/mol. The van der Waals surface area contributed by atoms with Gasteiger partial charge in [0.05, 0.1) is 18.2 Å². The van der Waals surface area contributed by atoms with Gasteiger partial charge in [-0.25, -0.2) is 4.79 Å². The highest BCUT2D eigenvalue weighted by molar-refractivity contribution is 7.80. The number of nitrogens with two attached hydrogens (primary N) is 2. The molecule has 0 aliphatic rings. The van der Waals surface area contributed by atoms with Crippen molar-refractivity contribution in [2.75, 3.05) is 18.1 Å². The molecule has 0 saturated carbocycles. The number of aromatic amines is 1. The zero-order valence-corrected chi connectivity index (χ0v) is 41.7. The van der Waals surface area contributed by atoms with Gasteiger partial charge in [-0.1, -0.05) is 78.9 Å². The molecule has 3 aromatic carbocycles. The standard InChI is InChI=1S/C49H66N10O11S2/c1-27(60)40(48(68)57-39(26-72)47(67)59-41(28(2)61)49(69)70)58-43(63)35(19-11-12-20-50)53-45(65)37(23-31-24-52-34-18-10-9-17-32(31)34)55-44(64)36(22-30-15-7-4-8-16-30)54-46(66)38(25-71)56-42(62)33(51)21-29-13-5-3-6-14-29/h3-10,13-18,24,27-28,33,35-41,52,60-61,71-72H,11-12,19-23,25-26,50-51H2,1-2H3,(H,53,65)(H,54,66)(H,55,64)(H,56,62)(H,57,68)(H,58,63)(H,59,67)(H,69,70)/t27-,28-,33-,35+,36+,37-,38+,39+,40+,41+/m1/s1/i42-1. The van der Waals surface area contributed by atoms with Crippen LogP contribution in [0.4, 0.5) is 0 Å². The maximum Gasteiger partial charge on any atom is 0.328 e. The number of unbranched alkanes of at least 4 members (excludes halogenated alkanes) is 1. The molecule has 1 heterocycles. The molecule has 23 heteroatoms. The molecule has 4 rings (SSSR count). The summed E-state index contributed by atoms with van der Waals surface area (Å²) in [6.07, 6.45) is -0.677. The molecule has 10 atom stereocenters. The summed E-state index contributed by atoms with van der Waals surface area (Å²) in [6.45, 7) is 2.57. The quantitative estimate of drug-likeness (QED) is 0.0224. The first-order valence-corrected chi connectivity index (χ1v) is 24.6. The fraction of sp³-hybridized carbons (Fsp3) is 0.429. The van der Waals surface area contributed by atoms with E-state index in [2.05, 4.69) is 67.5 Å². The van der Waals surface area contributed by atoms with Crippen molar-refractivity contribution >= 4 is 83.5 Å². The van der Waals surface area contributed by atoms with E-state index in [-0.39, 0.29) is 43.7 Å². The highest BCUT2D eigenvalue weighted by atomic mass is 32.1. The first-order valence-electron chi connectivity index (χ1n) is 23.4. The Bertz CT molecular complexity index is 2450. The third kappa shape index (κ3) is 17.7. The van der Waals surface area contributed by atoms with Crippen LogP contribution in [0.3, 0.4) is 0 Å². The number of carbonyl (C=O) groups is 8. The predicted octanol–water partition coefficient (Wildman–Crippen LogP) is -1.25. The molecule has 390 valence electrons. The van der Waals surface area contributed by atoms with Gasteiger partial charge in [-0.2, -0.15) is 25.3 Å². The average Bonchev–Trinajstić information content (AvgIpc) is 3.77. The van der Waals surface area contributed by atoms with E-state index in [1.807, 2.05) is 48.5 Å². The zero-order chi connectivity index (χ0) is 52.9. The number of hydrogen-bond donors (Lipinski definition) is 15. The summed E-state index contributed by atoms with van der Waals surface area (Å²) in [4.78, 5) is 112. The van der Waals surface area contributed by atoms with Crippen LogP contribution in [0, 0.1) is 0 Å². The lowest BCUT2D eigenvalue weighted by molar-refractivity contribution is -0.145. The van der Waals surface area contributed by atoms with Crippen molar-refractivity contribution < 1.29 is 53.7 Å². The second-order valence-electron chi connectivity index (χ2n) is 17.3. The Kier molecular flexibility index (Phi) is 23.5. The molecule has 0 saturated heterocycles. The number of carboxylic acid groups (broad SMARTS) is 1. The van der Waals surface area contributed by atoms with Gasteiger partial charge in [0.2, 0.25) is 41.4 Å². The number of H-pyrrole nitrogens is 1. The Labute approximate surface area is 428 Å². The summed E-state index contributed by atoms with van der Waals surface area (Å²) in [5.74, 6) is -8.06. The Morgan fingerprint density at radius 1 is 0.542 bits per heavy atom. The van der Waals surface area contributed by atoms with E-state index in [1.54, 1.807) is 42.6 Å². The van der Waals surface area contributed by atoms with Gasteiger partial charge in [-0.05, 0) is 68.8 Å². The summed E-state index contributed by atoms with van der Waals surface area (Å²) in [7, 11) is 0. The number of aliphatic carboxylic acids is 1.